The van der Waals surface area contributed by atoms with Crippen LogP contribution in [0.5, 0.6) is 0 Å². The van der Waals surface area contributed by atoms with Crippen molar-refractivity contribution in [1.82, 2.24) is 0 Å². The molecule has 2 aromatic rings. The van der Waals surface area contributed by atoms with Gasteiger partial charge < -0.3 is 5.32 Å². The summed E-state index contributed by atoms with van der Waals surface area (Å²) in [6, 6.07) is 12.5. The van der Waals surface area contributed by atoms with Gasteiger partial charge in [-0.2, -0.15) is 5.26 Å². The second-order valence-electron chi connectivity index (χ2n) is 3.77. The highest BCUT2D eigenvalue weighted by Crippen LogP contribution is 2.17. The highest BCUT2D eigenvalue weighted by Gasteiger charge is 2.12. The zero-order valence-electron chi connectivity index (χ0n) is 9.65. The molecule has 0 aliphatic rings. The minimum Gasteiger partial charge on any atom is -0.322 e. The molecule has 94 valence electrons. The van der Waals surface area contributed by atoms with Gasteiger partial charge in [0.2, 0.25) is 0 Å². The van der Waals surface area contributed by atoms with Crippen molar-refractivity contribution in [2.45, 2.75) is 0 Å². The number of carbonyl (C=O) groups excluding carboxylic acids is 1. The molecule has 19 heavy (non-hydrogen) atoms. The lowest BCUT2D eigenvalue weighted by Gasteiger charge is -2.06. The molecule has 1 N–H and O–H groups in total. The summed E-state index contributed by atoms with van der Waals surface area (Å²) in [5.41, 5.74) is 0.953. The van der Waals surface area contributed by atoms with E-state index in [1.807, 2.05) is 6.07 Å². The van der Waals surface area contributed by atoms with E-state index in [1.54, 1.807) is 24.3 Å². The smallest absolute Gasteiger partial charge is 0.258 e. The van der Waals surface area contributed by atoms with E-state index in [2.05, 4.69) is 21.2 Å². The Bertz CT molecular complexity index is 662. The van der Waals surface area contributed by atoms with E-state index >= 15 is 0 Å². The fourth-order valence-corrected chi connectivity index (χ4v) is 1.86. The largest absolute Gasteiger partial charge is 0.322 e. The Kier molecular flexibility index (Phi) is 3.93. The molecule has 0 spiro atoms. The summed E-state index contributed by atoms with van der Waals surface area (Å²) in [7, 11) is 0. The third-order valence-electron chi connectivity index (χ3n) is 2.44. The molecule has 2 aromatic carbocycles. The van der Waals surface area contributed by atoms with E-state index in [0.29, 0.717) is 15.7 Å². The van der Waals surface area contributed by atoms with Crippen LogP contribution in [0, 0.1) is 17.1 Å². The number of benzene rings is 2. The molecule has 0 bridgehead atoms. The van der Waals surface area contributed by atoms with E-state index in [0.717, 1.165) is 0 Å². The first kappa shape index (κ1) is 13.2. The fraction of sp³-hybridized carbons (Fsp3) is 0. The number of amides is 1. The molecule has 1 amide bonds. The van der Waals surface area contributed by atoms with Gasteiger partial charge in [-0.15, -0.1) is 0 Å². The topological polar surface area (TPSA) is 52.9 Å². The first-order valence-electron chi connectivity index (χ1n) is 5.37. The second kappa shape index (κ2) is 5.63. The van der Waals surface area contributed by atoms with Crippen molar-refractivity contribution in [2.24, 2.45) is 0 Å². The molecule has 0 fully saturated rings. The number of carbonyl (C=O) groups is 1. The van der Waals surface area contributed by atoms with Gasteiger partial charge in [0.25, 0.3) is 5.91 Å². The minimum atomic E-state index is -0.589. The number of hydrogen-bond acceptors (Lipinski definition) is 2. The molecular formula is C14H8BrFN2O. The van der Waals surface area contributed by atoms with Crippen LogP contribution in [-0.2, 0) is 0 Å². The van der Waals surface area contributed by atoms with Crippen molar-refractivity contribution in [3.05, 3.63) is 63.9 Å². The van der Waals surface area contributed by atoms with Crippen LogP contribution >= 0.6 is 15.9 Å². The quantitative estimate of drug-likeness (QED) is 0.917. The Balaban J connectivity index is 2.21. The van der Waals surface area contributed by atoms with Gasteiger partial charge in [-0.05, 0) is 42.5 Å². The van der Waals surface area contributed by atoms with Crippen LogP contribution in [0.1, 0.15) is 15.9 Å². The zero-order chi connectivity index (χ0) is 13.8. The molecule has 0 radical (unpaired) electrons. The number of halogens is 2. The average molecular weight is 319 g/mol. The van der Waals surface area contributed by atoms with Gasteiger partial charge in [0.15, 0.2) is 0 Å². The van der Waals surface area contributed by atoms with Crippen molar-refractivity contribution >= 4 is 27.5 Å². The Morgan fingerprint density at radius 3 is 2.53 bits per heavy atom. The number of hydrogen-bond donors (Lipinski definition) is 1. The van der Waals surface area contributed by atoms with Gasteiger partial charge in [0, 0.05) is 10.2 Å². The van der Waals surface area contributed by atoms with Gasteiger partial charge in [-0.1, -0.05) is 15.9 Å². The average Bonchev–Trinajstić information content (AvgIpc) is 2.42. The van der Waals surface area contributed by atoms with Crippen molar-refractivity contribution in [3.8, 4) is 6.07 Å². The van der Waals surface area contributed by atoms with Gasteiger partial charge in [0.05, 0.1) is 17.2 Å². The maximum Gasteiger partial charge on any atom is 0.258 e. The van der Waals surface area contributed by atoms with Gasteiger partial charge in [0.1, 0.15) is 5.82 Å². The van der Waals surface area contributed by atoms with Crippen LogP contribution < -0.4 is 5.32 Å². The normalized spacial score (nSPS) is 9.74. The van der Waals surface area contributed by atoms with Crippen LogP contribution in [0.4, 0.5) is 10.1 Å². The van der Waals surface area contributed by atoms with Crippen molar-refractivity contribution in [3.63, 3.8) is 0 Å². The molecule has 0 saturated heterocycles. The lowest BCUT2D eigenvalue weighted by Crippen LogP contribution is -2.13. The summed E-state index contributed by atoms with van der Waals surface area (Å²) in [4.78, 5) is 11.9. The Morgan fingerprint density at radius 1 is 1.21 bits per heavy atom. The second-order valence-corrected chi connectivity index (χ2v) is 4.68. The van der Waals surface area contributed by atoms with Gasteiger partial charge in [-0.3, -0.25) is 4.79 Å². The highest BCUT2D eigenvalue weighted by atomic mass is 79.9. The van der Waals surface area contributed by atoms with Crippen molar-refractivity contribution < 1.29 is 9.18 Å². The molecular weight excluding hydrogens is 311 g/mol. The lowest BCUT2D eigenvalue weighted by molar-refractivity contribution is 0.102. The number of anilines is 1. The predicted octanol–water partition coefficient (Wildman–Crippen LogP) is 3.71. The molecule has 0 unspecified atom stereocenters. The molecule has 0 heterocycles. The van der Waals surface area contributed by atoms with Crippen molar-refractivity contribution in [2.75, 3.05) is 5.32 Å². The van der Waals surface area contributed by atoms with Crippen LogP contribution in [-0.4, -0.2) is 5.91 Å². The Hall–Kier alpha value is -2.19. The molecule has 0 aliphatic carbocycles. The SMILES string of the molecule is N#Cc1ccc(NC(=O)c2cc(Br)ccc2F)cc1. The first-order chi connectivity index (χ1) is 9.10. The number of nitrogens with one attached hydrogen (secondary N) is 1. The Labute approximate surface area is 117 Å². The van der Waals surface area contributed by atoms with E-state index in [4.69, 9.17) is 5.26 Å². The summed E-state index contributed by atoms with van der Waals surface area (Å²) in [6.45, 7) is 0. The number of nitriles is 1. The van der Waals surface area contributed by atoms with Crippen LogP contribution in [0.25, 0.3) is 0 Å². The predicted molar refractivity (Wildman–Crippen MR) is 73.2 cm³/mol. The number of rotatable bonds is 2. The summed E-state index contributed by atoms with van der Waals surface area (Å²) in [5.74, 6) is -1.13. The molecule has 2 rings (SSSR count). The van der Waals surface area contributed by atoms with E-state index in [1.165, 1.54) is 18.2 Å². The molecule has 0 atom stereocenters. The molecule has 3 nitrogen and oxygen atoms in total. The zero-order valence-corrected chi connectivity index (χ0v) is 11.2. The maximum atomic E-state index is 13.5. The monoisotopic (exact) mass is 318 g/mol. The minimum absolute atomic E-state index is 0.0428. The highest BCUT2D eigenvalue weighted by molar-refractivity contribution is 9.10. The molecule has 0 aromatic heterocycles. The Morgan fingerprint density at radius 2 is 1.89 bits per heavy atom. The fourth-order valence-electron chi connectivity index (χ4n) is 1.50. The van der Waals surface area contributed by atoms with Crippen LogP contribution in [0.2, 0.25) is 0 Å². The van der Waals surface area contributed by atoms with E-state index in [9.17, 15) is 9.18 Å². The van der Waals surface area contributed by atoms with Crippen molar-refractivity contribution in [1.29, 1.82) is 5.26 Å². The van der Waals surface area contributed by atoms with Gasteiger partial charge >= 0.3 is 0 Å². The summed E-state index contributed by atoms with van der Waals surface area (Å²) < 4.78 is 14.1. The first-order valence-corrected chi connectivity index (χ1v) is 6.16. The summed E-state index contributed by atoms with van der Waals surface area (Å²) >= 11 is 3.19. The van der Waals surface area contributed by atoms with Crippen LogP contribution in [0.3, 0.4) is 0 Å². The molecule has 0 aliphatic heterocycles. The third-order valence-corrected chi connectivity index (χ3v) is 2.94. The maximum absolute atomic E-state index is 13.5. The van der Waals surface area contributed by atoms with Crippen LogP contribution in [0.15, 0.2) is 46.9 Å². The molecule has 0 saturated carbocycles. The van der Waals surface area contributed by atoms with E-state index < -0.39 is 11.7 Å². The summed E-state index contributed by atoms with van der Waals surface area (Å²) in [6.07, 6.45) is 0. The van der Waals surface area contributed by atoms with E-state index in [-0.39, 0.29) is 5.56 Å². The van der Waals surface area contributed by atoms with Gasteiger partial charge in [-0.25, -0.2) is 4.39 Å². The summed E-state index contributed by atoms with van der Waals surface area (Å²) in [5, 5.41) is 11.2. The number of nitrogens with zero attached hydrogens (tertiary/aromatic N) is 1. The molecule has 5 heteroatoms. The third kappa shape index (κ3) is 3.18. The lowest BCUT2D eigenvalue weighted by atomic mass is 10.2. The standard InChI is InChI=1S/C14H8BrFN2O/c15-10-3-6-13(16)12(7-10)14(19)18-11-4-1-9(8-17)2-5-11/h1-7H,(H,18,19).